The highest BCUT2D eigenvalue weighted by Crippen LogP contribution is 2.48. The second kappa shape index (κ2) is 5.89. The number of aryl methyl sites for hydroxylation is 1. The van der Waals surface area contributed by atoms with Gasteiger partial charge in [-0.1, -0.05) is 82.4 Å². The van der Waals surface area contributed by atoms with Crippen molar-refractivity contribution in [2.45, 2.75) is 51.7 Å². The summed E-state index contributed by atoms with van der Waals surface area (Å²) in [5.74, 6) is 0. The minimum Gasteiger partial charge on any atom is -0.167 e. The Morgan fingerprint density at radius 1 is 1.00 bits per heavy atom. The Kier molecular flexibility index (Phi) is 4.30. The van der Waals surface area contributed by atoms with E-state index >= 15 is 0 Å². The van der Waals surface area contributed by atoms with Gasteiger partial charge in [-0.2, -0.15) is 11.1 Å². The lowest BCUT2D eigenvalue weighted by molar-refractivity contribution is 0.589. The van der Waals surface area contributed by atoms with Crippen molar-refractivity contribution in [2.24, 2.45) is 0 Å². The number of halogens is 1. The standard InChI is InChI=1S/C22H27ClSi/c1-15-13-17(22(2,3)4)11-12-18(15)20-14-16-9-7-8-10-19(16)21(20)24(5,6)23/h7-14,21H,1-6H3. The number of allylic oxidation sites excluding steroid dienone is 1. The molecule has 0 fully saturated rings. The van der Waals surface area contributed by atoms with Gasteiger partial charge in [-0.3, -0.25) is 0 Å². The molecule has 1 unspecified atom stereocenters. The van der Waals surface area contributed by atoms with Gasteiger partial charge in [0.1, 0.15) is 0 Å². The van der Waals surface area contributed by atoms with E-state index in [0.29, 0.717) is 5.54 Å². The van der Waals surface area contributed by atoms with E-state index in [9.17, 15) is 0 Å². The second-order valence-corrected chi connectivity index (χ2v) is 15.1. The zero-order valence-electron chi connectivity index (χ0n) is 15.6. The van der Waals surface area contributed by atoms with E-state index in [1.807, 2.05) is 0 Å². The summed E-state index contributed by atoms with van der Waals surface area (Å²) in [6.07, 6.45) is 2.36. The monoisotopic (exact) mass is 354 g/mol. The van der Waals surface area contributed by atoms with Crippen molar-refractivity contribution in [3.05, 3.63) is 70.3 Å². The van der Waals surface area contributed by atoms with Crippen LogP contribution >= 0.6 is 11.1 Å². The average molecular weight is 355 g/mol. The third-order valence-electron chi connectivity index (χ3n) is 5.02. The summed E-state index contributed by atoms with van der Waals surface area (Å²) in [5, 5.41) is 0. The maximum atomic E-state index is 6.97. The molecule has 24 heavy (non-hydrogen) atoms. The Morgan fingerprint density at radius 3 is 2.25 bits per heavy atom. The van der Waals surface area contributed by atoms with Crippen LogP contribution in [0.2, 0.25) is 13.1 Å². The van der Waals surface area contributed by atoms with Crippen LogP contribution in [0.4, 0.5) is 0 Å². The van der Waals surface area contributed by atoms with Crippen molar-refractivity contribution in [1.29, 1.82) is 0 Å². The zero-order chi connectivity index (χ0) is 17.7. The molecule has 1 atom stereocenters. The summed E-state index contributed by atoms with van der Waals surface area (Å²) in [6, 6.07) is 15.6. The molecule has 1 aliphatic carbocycles. The molecule has 0 saturated carbocycles. The summed E-state index contributed by atoms with van der Waals surface area (Å²) in [4.78, 5) is 0. The van der Waals surface area contributed by atoms with Crippen LogP contribution in [0.5, 0.6) is 0 Å². The molecule has 0 saturated heterocycles. The number of hydrogen-bond donors (Lipinski definition) is 0. The third-order valence-corrected chi connectivity index (χ3v) is 7.67. The summed E-state index contributed by atoms with van der Waals surface area (Å²) in [6.45, 7) is 13.5. The normalized spacial score (nSPS) is 17.6. The van der Waals surface area contributed by atoms with Gasteiger partial charge in [-0.15, -0.1) is 0 Å². The Bertz CT molecular complexity index is 803. The van der Waals surface area contributed by atoms with Gasteiger partial charge < -0.3 is 0 Å². The van der Waals surface area contributed by atoms with Crippen molar-refractivity contribution in [3.8, 4) is 0 Å². The van der Waals surface area contributed by atoms with E-state index in [2.05, 4.69) is 89.3 Å². The summed E-state index contributed by atoms with van der Waals surface area (Å²) in [5.41, 5.74) is 8.76. The third kappa shape index (κ3) is 3.12. The van der Waals surface area contributed by atoms with Crippen LogP contribution < -0.4 is 0 Å². The molecule has 3 rings (SSSR count). The highest BCUT2D eigenvalue weighted by Gasteiger charge is 2.39. The van der Waals surface area contributed by atoms with Gasteiger partial charge in [0.2, 0.25) is 0 Å². The van der Waals surface area contributed by atoms with Crippen LogP contribution in [0, 0.1) is 6.92 Å². The number of hydrogen-bond acceptors (Lipinski definition) is 0. The van der Waals surface area contributed by atoms with Crippen LogP contribution in [0.15, 0.2) is 42.5 Å². The Hall–Kier alpha value is -1.31. The van der Waals surface area contributed by atoms with E-state index < -0.39 is 7.38 Å². The Balaban J connectivity index is 2.13. The molecule has 0 heterocycles. The molecule has 2 heteroatoms. The summed E-state index contributed by atoms with van der Waals surface area (Å²) in [7, 11) is -1.89. The van der Waals surface area contributed by atoms with Crippen LogP contribution in [0.25, 0.3) is 11.6 Å². The Morgan fingerprint density at radius 2 is 1.67 bits per heavy atom. The molecule has 2 aromatic rings. The largest absolute Gasteiger partial charge is 0.167 e. The topological polar surface area (TPSA) is 0 Å². The van der Waals surface area contributed by atoms with E-state index in [0.717, 1.165) is 0 Å². The van der Waals surface area contributed by atoms with Gasteiger partial charge in [0.25, 0.3) is 0 Å². The molecule has 0 bridgehead atoms. The minimum atomic E-state index is -1.89. The summed E-state index contributed by atoms with van der Waals surface area (Å²) >= 11 is 6.97. The zero-order valence-corrected chi connectivity index (χ0v) is 17.3. The first-order chi connectivity index (χ1) is 11.1. The van der Waals surface area contributed by atoms with Gasteiger partial charge in [0.05, 0.1) is 0 Å². The summed E-state index contributed by atoms with van der Waals surface area (Å²) < 4.78 is 0. The fourth-order valence-corrected chi connectivity index (χ4v) is 6.44. The van der Waals surface area contributed by atoms with E-state index in [1.54, 1.807) is 0 Å². The Labute approximate surface area is 152 Å². The van der Waals surface area contributed by atoms with Gasteiger partial charge >= 0.3 is 0 Å². The molecule has 126 valence electrons. The van der Waals surface area contributed by atoms with Gasteiger partial charge in [-0.05, 0) is 45.7 Å². The second-order valence-electron chi connectivity index (χ2n) is 8.51. The first-order valence-corrected chi connectivity index (χ1v) is 12.8. The first-order valence-electron chi connectivity index (χ1n) is 8.70. The maximum Gasteiger partial charge on any atom is 0.162 e. The van der Waals surface area contributed by atoms with Crippen molar-refractivity contribution >= 4 is 30.1 Å². The SMILES string of the molecule is Cc1cc(C(C)(C)C)ccc1C1=Cc2ccccc2C1[Si](C)(C)Cl. The molecule has 0 N–H and O–H groups in total. The van der Waals surface area contributed by atoms with Crippen LogP contribution in [-0.2, 0) is 5.41 Å². The van der Waals surface area contributed by atoms with E-state index in [1.165, 1.54) is 33.4 Å². The number of fused-ring (bicyclic) bond motifs is 1. The average Bonchev–Trinajstić information content (AvgIpc) is 2.85. The number of benzene rings is 2. The smallest absolute Gasteiger partial charge is 0.162 e. The quantitative estimate of drug-likeness (QED) is 0.405. The lowest BCUT2D eigenvalue weighted by Crippen LogP contribution is -2.28. The van der Waals surface area contributed by atoms with Gasteiger partial charge in [0, 0.05) is 5.54 Å². The fourth-order valence-electron chi connectivity index (χ4n) is 3.75. The molecule has 0 radical (unpaired) electrons. The van der Waals surface area contributed by atoms with Crippen molar-refractivity contribution in [1.82, 2.24) is 0 Å². The predicted molar refractivity (Wildman–Crippen MR) is 110 cm³/mol. The van der Waals surface area contributed by atoms with Crippen LogP contribution in [-0.4, -0.2) is 7.38 Å². The maximum absolute atomic E-state index is 6.97. The first kappa shape index (κ1) is 17.5. The fraction of sp³-hybridized carbons (Fsp3) is 0.364. The van der Waals surface area contributed by atoms with E-state index in [4.69, 9.17) is 11.1 Å². The molecular weight excluding hydrogens is 328 g/mol. The highest BCUT2D eigenvalue weighted by atomic mass is 35.6. The van der Waals surface area contributed by atoms with Crippen LogP contribution in [0.3, 0.4) is 0 Å². The molecule has 0 aromatic heterocycles. The van der Waals surface area contributed by atoms with Gasteiger partial charge in [0.15, 0.2) is 7.38 Å². The molecule has 1 aliphatic rings. The van der Waals surface area contributed by atoms with Crippen molar-refractivity contribution in [2.75, 3.05) is 0 Å². The molecule has 0 nitrogen and oxygen atoms in total. The molecule has 0 spiro atoms. The predicted octanol–water partition coefficient (Wildman–Crippen LogP) is 6.91. The molecule has 0 amide bonds. The van der Waals surface area contributed by atoms with E-state index in [-0.39, 0.29) is 5.41 Å². The highest BCUT2D eigenvalue weighted by molar-refractivity contribution is 7.20. The van der Waals surface area contributed by atoms with Gasteiger partial charge in [-0.25, -0.2) is 0 Å². The minimum absolute atomic E-state index is 0.177. The molecule has 0 aliphatic heterocycles. The van der Waals surface area contributed by atoms with Crippen molar-refractivity contribution in [3.63, 3.8) is 0 Å². The molecular formula is C22H27ClSi. The number of rotatable bonds is 2. The lowest BCUT2D eigenvalue weighted by Gasteiger charge is -2.28. The molecule has 2 aromatic carbocycles. The van der Waals surface area contributed by atoms with Crippen LogP contribution in [0.1, 0.15) is 54.1 Å². The van der Waals surface area contributed by atoms with Crippen molar-refractivity contribution < 1.29 is 0 Å². The lowest BCUT2D eigenvalue weighted by atomic mass is 9.84.